The molecule has 0 unspecified atom stereocenters. The van der Waals surface area contributed by atoms with Gasteiger partial charge in [-0.2, -0.15) is 0 Å². The zero-order valence-corrected chi connectivity index (χ0v) is 22.4. The smallest absolute Gasteiger partial charge is 0.495 e. The van der Waals surface area contributed by atoms with Crippen LogP contribution in [-0.2, 0) is 22.7 Å². The highest BCUT2D eigenvalue weighted by molar-refractivity contribution is 6.31. The fraction of sp³-hybridized carbons (Fsp3) is 0.179. The average molecular weight is 567 g/mol. The summed E-state index contributed by atoms with van der Waals surface area (Å²) in [5.74, 6) is -1.69. The number of ketones is 1. The first kappa shape index (κ1) is 28.1. The number of methoxy groups -OCH3 is 1. The molecule has 1 N–H and O–H groups in total. The maximum Gasteiger partial charge on any atom is 0.519 e. The summed E-state index contributed by atoms with van der Waals surface area (Å²) in [5.41, 5.74) is 1.25. The van der Waals surface area contributed by atoms with E-state index in [9.17, 15) is 24.0 Å². The number of aryl methyl sites for hydroxylation is 1. The number of pyridine rings is 1. The molecular weight excluding hydrogens is 544 g/mol. The minimum atomic E-state index is -0.886. The van der Waals surface area contributed by atoms with Gasteiger partial charge in [0.1, 0.15) is 12.3 Å². The van der Waals surface area contributed by atoms with Crippen molar-refractivity contribution in [1.82, 2.24) is 4.57 Å². The molecular formula is C28H23ClN2O9. The van der Waals surface area contributed by atoms with Gasteiger partial charge in [-0.3, -0.25) is 14.4 Å². The van der Waals surface area contributed by atoms with Crippen LogP contribution in [0.5, 0.6) is 5.75 Å². The van der Waals surface area contributed by atoms with Gasteiger partial charge < -0.3 is 28.2 Å². The first-order valence-electron chi connectivity index (χ1n) is 11.8. The molecule has 0 saturated heterocycles. The fourth-order valence-corrected chi connectivity index (χ4v) is 4.03. The van der Waals surface area contributed by atoms with Crippen LogP contribution in [0.4, 0.5) is 5.69 Å². The fourth-order valence-electron chi connectivity index (χ4n) is 3.86. The lowest BCUT2D eigenvalue weighted by Crippen LogP contribution is -2.27. The average Bonchev–Trinajstić information content (AvgIpc) is 3.24. The summed E-state index contributed by atoms with van der Waals surface area (Å²) in [6, 6.07) is 11.9. The second-order valence-electron chi connectivity index (χ2n) is 8.60. The third kappa shape index (κ3) is 6.38. The van der Waals surface area contributed by atoms with E-state index < -0.39 is 23.3 Å². The van der Waals surface area contributed by atoms with E-state index in [0.29, 0.717) is 27.4 Å². The van der Waals surface area contributed by atoms with Crippen molar-refractivity contribution < 1.29 is 32.7 Å². The lowest BCUT2D eigenvalue weighted by atomic mass is 9.97. The highest BCUT2D eigenvalue weighted by Crippen LogP contribution is 2.33. The predicted molar refractivity (Wildman–Crippen MR) is 144 cm³/mol. The number of carbonyl (C=O) groups excluding carboxylic acids is 3. The van der Waals surface area contributed by atoms with Crippen molar-refractivity contribution in [2.45, 2.75) is 27.0 Å². The Kier molecular flexibility index (Phi) is 8.34. The number of hydrogen-bond acceptors (Lipinski definition) is 9. The number of anilines is 1. The Bertz CT molecular complexity index is 1720. The van der Waals surface area contributed by atoms with Crippen LogP contribution in [0.1, 0.15) is 39.2 Å². The molecule has 0 aliphatic rings. The number of carbonyl (C=O) groups is 3. The second kappa shape index (κ2) is 11.9. The summed E-state index contributed by atoms with van der Waals surface area (Å²) in [4.78, 5) is 61.0. The number of esters is 1. The Labute approximate surface area is 231 Å². The van der Waals surface area contributed by atoms with Crippen LogP contribution < -0.4 is 21.4 Å². The molecule has 1 amide bonds. The molecule has 0 saturated carbocycles. The summed E-state index contributed by atoms with van der Waals surface area (Å²) in [7, 11) is 1.41. The van der Waals surface area contributed by atoms with Gasteiger partial charge in [-0.1, -0.05) is 11.6 Å². The van der Waals surface area contributed by atoms with Crippen LogP contribution in [0.15, 0.2) is 73.2 Å². The van der Waals surface area contributed by atoms with E-state index in [1.165, 1.54) is 57.5 Å². The molecule has 11 nitrogen and oxygen atoms in total. The number of rotatable bonds is 9. The molecule has 2 heterocycles. The molecule has 0 radical (unpaired) electrons. The molecule has 0 fully saturated rings. The third-order valence-corrected chi connectivity index (χ3v) is 6.08. The van der Waals surface area contributed by atoms with Crippen LogP contribution in [0.25, 0.3) is 11.1 Å². The minimum absolute atomic E-state index is 0.106. The number of Topliss-reactive ketones (excluding diaryl/α,β-unsaturated/α-hetero) is 1. The van der Waals surface area contributed by atoms with E-state index in [1.807, 2.05) is 0 Å². The SMILES string of the molecule is COc1cn(CC(=O)Nc2ccc(C(=O)OCc3oc(=O)oc3C)cc2)c(=O)cc1-c1cc(Cl)ccc1C(C)=O. The van der Waals surface area contributed by atoms with Gasteiger partial charge in [0.05, 0.1) is 18.9 Å². The number of nitrogens with zero attached hydrogens (tertiary/aromatic N) is 1. The Morgan fingerprint density at radius 3 is 2.35 bits per heavy atom. The summed E-state index contributed by atoms with van der Waals surface area (Å²) in [5, 5.41) is 3.03. The molecule has 0 aliphatic carbocycles. The van der Waals surface area contributed by atoms with Crippen LogP contribution in [0, 0.1) is 6.92 Å². The number of amides is 1. The molecule has 0 aliphatic heterocycles. The van der Waals surface area contributed by atoms with Gasteiger partial charge in [0.15, 0.2) is 23.9 Å². The molecule has 0 atom stereocenters. The van der Waals surface area contributed by atoms with E-state index in [0.717, 1.165) is 4.57 Å². The van der Waals surface area contributed by atoms with Crippen molar-refractivity contribution in [3.8, 4) is 16.9 Å². The lowest BCUT2D eigenvalue weighted by molar-refractivity contribution is -0.116. The molecule has 40 heavy (non-hydrogen) atoms. The number of benzene rings is 2. The summed E-state index contributed by atoms with van der Waals surface area (Å²) in [6.07, 6.45) is 1.38. The molecule has 206 valence electrons. The monoisotopic (exact) mass is 566 g/mol. The lowest BCUT2D eigenvalue weighted by Gasteiger charge is -2.15. The number of aromatic nitrogens is 1. The summed E-state index contributed by atoms with van der Waals surface area (Å²) in [6.45, 7) is 2.31. The molecule has 2 aromatic carbocycles. The molecule has 4 aromatic rings. The van der Waals surface area contributed by atoms with Crippen LogP contribution in [-0.4, -0.2) is 29.3 Å². The second-order valence-corrected chi connectivity index (χ2v) is 9.04. The first-order chi connectivity index (χ1) is 19.0. The van der Waals surface area contributed by atoms with Crippen molar-refractivity contribution in [3.63, 3.8) is 0 Å². The summed E-state index contributed by atoms with van der Waals surface area (Å²) < 4.78 is 21.2. The van der Waals surface area contributed by atoms with Gasteiger partial charge in [-0.15, -0.1) is 0 Å². The quantitative estimate of drug-likeness (QED) is 0.232. The van der Waals surface area contributed by atoms with Crippen molar-refractivity contribution >= 4 is 34.9 Å². The van der Waals surface area contributed by atoms with E-state index >= 15 is 0 Å². The predicted octanol–water partition coefficient (Wildman–Crippen LogP) is 4.23. The standard InChI is InChI=1S/C28H23ClN2O9/c1-15(32)20-9-6-18(29)10-21(20)22-11-26(34)31(12-23(22)37-3)13-25(33)30-19-7-4-17(5-8-19)27(35)38-14-24-16(2)39-28(36)40-24/h4-12H,13-14H2,1-3H3,(H,30,33). The molecule has 0 bridgehead atoms. The van der Waals surface area contributed by atoms with Crippen LogP contribution >= 0.6 is 11.6 Å². The molecule has 0 spiro atoms. The van der Waals surface area contributed by atoms with Crippen molar-refractivity contribution in [2.75, 3.05) is 12.4 Å². The number of halogens is 1. The number of hydrogen-bond donors (Lipinski definition) is 1. The Balaban J connectivity index is 1.44. The van der Waals surface area contributed by atoms with Crippen molar-refractivity contribution in [2.24, 2.45) is 0 Å². The number of nitrogens with one attached hydrogen (secondary N) is 1. The van der Waals surface area contributed by atoms with Crippen molar-refractivity contribution in [3.05, 3.63) is 103 Å². The van der Waals surface area contributed by atoms with Gasteiger partial charge in [-0.05, 0) is 61.9 Å². The minimum Gasteiger partial charge on any atom is -0.495 e. The first-order valence-corrected chi connectivity index (χ1v) is 12.2. The number of ether oxygens (including phenoxy) is 2. The van der Waals surface area contributed by atoms with E-state index in [4.69, 9.17) is 29.9 Å². The highest BCUT2D eigenvalue weighted by atomic mass is 35.5. The van der Waals surface area contributed by atoms with E-state index in [2.05, 4.69) is 5.32 Å². The molecule has 2 aromatic heterocycles. The normalized spacial score (nSPS) is 10.7. The topological polar surface area (TPSA) is 147 Å². The zero-order chi connectivity index (χ0) is 29.0. The zero-order valence-electron chi connectivity index (χ0n) is 21.6. The van der Waals surface area contributed by atoms with Gasteiger partial charge in [0, 0.05) is 27.9 Å². The van der Waals surface area contributed by atoms with Crippen molar-refractivity contribution in [1.29, 1.82) is 0 Å². The van der Waals surface area contributed by atoms with Crippen LogP contribution in [0.3, 0.4) is 0 Å². The maximum absolute atomic E-state index is 12.9. The van der Waals surface area contributed by atoms with E-state index in [1.54, 1.807) is 18.2 Å². The van der Waals surface area contributed by atoms with Gasteiger partial charge in [0.2, 0.25) is 5.91 Å². The van der Waals surface area contributed by atoms with Gasteiger partial charge >= 0.3 is 11.8 Å². The maximum atomic E-state index is 12.9. The molecule has 4 rings (SSSR count). The van der Waals surface area contributed by atoms with Gasteiger partial charge in [0.25, 0.3) is 5.56 Å². The Hall–Kier alpha value is -4.90. The molecule has 12 heteroatoms. The summed E-state index contributed by atoms with van der Waals surface area (Å²) >= 11 is 6.13. The Morgan fingerprint density at radius 1 is 1.00 bits per heavy atom. The highest BCUT2D eigenvalue weighted by Gasteiger charge is 2.18. The Morgan fingerprint density at radius 2 is 1.73 bits per heavy atom. The van der Waals surface area contributed by atoms with E-state index in [-0.39, 0.29) is 41.8 Å². The third-order valence-electron chi connectivity index (χ3n) is 5.85. The van der Waals surface area contributed by atoms with Gasteiger partial charge in [-0.25, -0.2) is 9.59 Å². The van der Waals surface area contributed by atoms with Crippen LogP contribution in [0.2, 0.25) is 5.02 Å². The largest absolute Gasteiger partial charge is 0.519 e.